The molecule has 1 amide bonds. The van der Waals surface area contributed by atoms with Crippen molar-refractivity contribution in [1.82, 2.24) is 5.43 Å². The summed E-state index contributed by atoms with van der Waals surface area (Å²) in [5, 5.41) is 4.50. The van der Waals surface area contributed by atoms with Gasteiger partial charge in [-0.1, -0.05) is 40.9 Å². The first-order valence-corrected chi connectivity index (χ1v) is 12.2. The van der Waals surface area contributed by atoms with E-state index in [0.717, 1.165) is 5.56 Å². The Morgan fingerprint density at radius 3 is 2.42 bits per heavy atom. The van der Waals surface area contributed by atoms with E-state index in [4.69, 9.17) is 32.1 Å². The Morgan fingerprint density at radius 1 is 1.09 bits per heavy atom. The molecule has 0 unspecified atom stereocenters. The molecule has 0 atom stereocenters. The normalized spacial score (nSPS) is 11.4. The van der Waals surface area contributed by atoms with Gasteiger partial charge < -0.3 is 8.92 Å². The van der Waals surface area contributed by atoms with Gasteiger partial charge >= 0.3 is 10.1 Å². The molecule has 3 aromatic carbocycles. The van der Waals surface area contributed by atoms with Gasteiger partial charge in [0.2, 0.25) is 0 Å². The average molecular weight is 572 g/mol. The lowest BCUT2D eigenvalue weighted by Gasteiger charge is -2.13. The first-order valence-electron chi connectivity index (χ1n) is 9.28. The second kappa shape index (κ2) is 10.6. The predicted molar refractivity (Wildman–Crippen MR) is 131 cm³/mol. The third kappa shape index (κ3) is 6.26. The number of nitrogens with zero attached hydrogens (tertiary/aromatic N) is 1. The summed E-state index contributed by atoms with van der Waals surface area (Å²) in [6.07, 6.45) is 1.35. The van der Waals surface area contributed by atoms with Crippen molar-refractivity contribution in [1.29, 1.82) is 0 Å². The molecule has 33 heavy (non-hydrogen) atoms. The van der Waals surface area contributed by atoms with Crippen LogP contribution in [0.25, 0.3) is 0 Å². The monoisotopic (exact) mass is 570 g/mol. The molecule has 3 aromatic rings. The predicted octanol–water partition coefficient (Wildman–Crippen LogP) is 5.60. The van der Waals surface area contributed by atoms with Gasteiger partial charge in [0, 0.05) is 5.02 Å². The fourth-order valence-electron chi connectivity index (χ4n) is 2.66. The Morgan fingerprint density at radius 2 is 1.79 bits per heavy atom. The summed E-state index contributed by atoms with van der Waals surface area (Å²) >= 11 is 15.2. The Labute approximate surface area is 209 Å². The van der Waals surface area contributed by atoms with Crippen LogP contribution >= 0.6 is 39.1 Å². The van der Waals surface area contributed by atoms with E-state index in [1.807, 2.05) is 6.92 Å². The molecular weight excluding hydrogens is 555 g/mol. The minimum absolute atomic E-state index is 0.0104. The van der Waals surface area contributed by atoms with Gasteiger partial charge in [-0.2, -0.15) is 13.5 Å². The van der Waals surface area contributed by atoms with E-state index in [2.05, 4.69) is 26.5 Å². The van der Waals surface area contributed by atoms with Crippen LogP contribution in [-0.2, 0) is 10.1 Å². The quantitative estimate of drug-likeness (QED) is 0.226. The van der Waals surface area contributed by atoms with Crippen molar-refractivity contribution >= 4 is 61.4 Å². The molecule has 11 heteroatoms. The lowest BCUT2D eigenvalue weighted by Crippen LogP contribution is -2.18. The zero-order valence-electron chi connectivity index (χ0n) is 17.3. The Balaban J connectivity index is 1.79. The molecule has 7 nitrogen and oxygen atoms in total. The molecule has 3 rings (SSSR count). The summed E-state index contributed by atoms with van der Waals surface area (Å²) in [7, 11) is -2.71. The molecule has 172 valence electrons. The first kappa shape index (κ1) is 25.0. The number of rotatable bonds is 7. The van der Waals surface area contributed by atoms with Crippen LogP contribution in [0.4, 0.5) is 0 Å². The van der Waals surface area contributed by atoms with Gasteiger partial charge in [-0.15, -0.1) is 0 Å². The van der Waals surface area contributed by atoms with Gasteiger partial charge in [-0.3, -0.25) is 4.79 Å². The fourth-order valence-corrected chi connectivity index (χ4v) is 4.76. The number of nitrogens with one attached hydrogen (secondary N) is 1. The minimum atomic E-state index is -4.09. The average Bonchev–Trinajstić information content (AvgIpc) is 2.75. The molecule has 0 spiro atoms. The highest BCUT2D eigenvalue weighted by Gasteiger charge is 2.22. The Bertz CT molecular complexity index is 1330. The largest absolute Gasteiger partial charge is 0.493 e. The minimum Gasteiger partial charge on any atom is -0.493 e. The molecule has 0 bridgehead atoms. The fraction of sp³-hybridized carbons (Fsp3) is 0.0909. The molecule has 0 fully saturated rings. The van der Waals surface area contributed by atoms with Crippen LogP contribution in [-0.4, -0.2) is 27.6 Å². The highest BCUT2D eigenvalue weighted by Crippen LogP contribution is 2.38. The number of hydrogen-bond acceptors (Lipinski definition) is 6. The lowest BCUT2D eigenvalue weighted by molar-refractivity contribution is 0.0955. The number of hydrogen-bond donors (Lipinski definition) is 1. The van der Waals surface area contributed by atoms with Crippen LogP contribution in [0.1, 0.15) is 21.5 Å². The number of carbonyl (C=O) groups is 1. The van der Waals surface area contributed by atoms with Gasteiger partial charge in [-0.05, 0) is 70.9 Å². The number of hydrazone groups is 1. The Hall–Kier alpha value is -2.59. The number of methoxy groups -OCH3 is 1. The van der Waals surface area contributed by atoms with Crippen molar-refractivity contribution in [2.75, 3.05) is 7.11 Å². The summed E-state index contributed by atoms with van der Waals surface area (Å²) in [6, 6.07) is 13.8. The summed E-state index contributed by atoms with van der Waals surface area (Å²) in [5.41, 5.74) is 3.99. The molecule has 0 aromatic heterocycles. The molecule has 0 aliphatic rings. The van der Waals surface area contributed by atoms with Crippen molar-refractivity contribution in [2.45, 2.75) is 11.8 Å². The van der Waals surface area contributed by atoms with Crippen LogP contribution in [0.2, 0.25) is 10.0 Å². The molecule has 0 aliphatic carbocycles. The highest BCUT2D eigenvalue weighted by atomic mass is 79.9. The van der Waals surface area contributed by atoms with Crippen molar-refractivity contribution < 1.29 is 22.1 Å². The second-order valence-electron chi connectivity index (χ2n) is 6.71. The van der Waals surface area contributed by atoms with Crippen LogP contribution in [0.15, 0.2) is 69.1 Å². The maximum absolute atomic E-state index is 12.7. The smallest absolute Gasteiger partial charge is 0.339 e. The van der Waals surface area contributed by atoms with Crippen LogP contribution in [0.5, 0.6) is 11.5 Å². The maximum Gasteiger partial charge on any atom is 0.339 e. The lowest BCUT2D eigenvalue weighted by atomic mass is 10.2. The number of benzene rings is 3. The SMILES string of the molecule is COc1cc(/C=N\NC(=O)c2ccc(Cl)cc2Cl)cc(Br)c1OS(=O)(=O)c1ccc(C)cc1. The molecule has 0 heterocycles. The van der Waals surface area contributed by atoms with E-state index >= 15 is 0 Å². The van der Waals surface area contributed by atoms with Gasteiger partial charge in [0.25, 0.3) is 5.91 Å². The molecule has 0 aliphatic heterocycles. The zero-order valence-corrected chi connectivity index (χ0v) is 21.2. The van der Waals surface area contributed by atoms with Crippen LogP contribution in [0.3, 0.4) is 0 Å². The molecule has 0 saturated carbocycles. The third-order valence-electron chi connectivity index (χ3n) is 4.31. The zero-order chi connectivity index (χ0) is 24.2. The van der Waals surface area contributed by atoms with Gasteiger partial charge in [0.1, 0.15) is 4.90 Å². The highest BCUT2D eigenvalue weighted by molar-refractivity contribution is 9.10. The van der Waals surface area contributed by atoms with Crippen molar-refractivity contribution in [2.24, 2.45) is 5.10 Å². The van der Waals surface area contributed by atoms with Gasteiger partial charge in [0.05, 0.1) is 28.4 Å². The van der Waals surface area contributed by atoms with Crippen molar-refractivity contribution in [3.05, 3.63) is 85.8 Å². The number of aryl methyl sites for hydroxylation is 1. The van der Waals surface area contributed by atoms with E-state index in [0.29, 0.717) is 15.1 Å². The molecular formula is C22H17BrCl2N2O5S. The van der Waals surface area contributed by atoms with Crippen molar-refractivity contribution in [3.8, 4) is 11.5 Å². The number of carbonyl (C=O) groups excluding carboxylic acids is 1. The summed E-state index contributed by atoms with van der Waals surface area (Å²) in [6.45, 7) is 1.85. The summed E-state index contributed by atoms with van der Waals surface area (Å²) in [5.74, 6) is -0.399. The Kier molecular flexibility index (Phi) is 8.01. The molecule has 0 radical (unpaired) electrons. The van der Waals surface area contributed by atoms with E-state index < -0.39 is 16.0 Å². The van der Waals surface area contributed by atoms with E-state index in [1.165, 1.54) is 49.7 Å². The first-order chi connectivity index (χ1) is 15.6. The van der Waals surface area contributed by atoms with Crippen LogP contribution in [0, 0.1) is 6.92 Å². The van der Waals surface area contributed by atoms with Crippen molar-refractivity contribution in [3.63, 3.8) is 0 Å². The number of halogens is 3. The van der Waals surface area contributed by atoms with E-state index in [1.54, 1.807) is 18.2 Å². The number of amides is 1. The van der Waals surface area contributed by atoms with Gasteiger partial charge in [-0.25, -0.2) is 5.43 Å². The van der Waals surface area contributed by atoms with Gasteiger partial charge in [0.15, 0.2) is 11.5 Å². The van der Waals surface area contributed by atoms with E-state index in [-0.39, 0.29) is 27.0 Å². The standard InChI is InChI=1S/C22H17BrCl2N2O5S/c1-13-3-6-16(7-4-13)33(29,30)32-21-18(23)9-14(10-20(21)31-2)12-26-27-22(28)17-8-5-15(24)11-19(17)25/h3-12H,1-2H3,(H,27,28)/b26-12-. The summed E-state index contributed by atoms with van der Waals surface area (Å²) < 4.78 is 36.2. The third-order valence-corrected chi connectivity index (χ3v) is 6.68. The topological polar surface area (TPSA) is 94.1 Å². The second-order valence-corrected chi connectivity index (χ2v) is 9.95. The molecule has 0 saturated heterocycles. The van der Waals surface area contributed by atoms with Crippen LogP contribution < -0.4 is 14.3 Å². The number of ether oxygens (including phenoxy) is 1. The van der Waals surface area contributed by atoms with E-state index in [9.17, 15) is 13.2 Å². The summed E-state index contributed by atoms with van der Waals surface area (Å²) in [4.78, 5) is 12.3. The molecule has 1 N–H and O–H groups in total. The maximum atomic E-state index is 12.7.